The van der Waals surface area contributed by atoms with Crippen LogP contribution in [0.4, 0.5) is 13.2 Å². The van der Waals surface area contributed by atoms with Crippen molar-refractivity contribution in [2.75, 3.05) is 0 Å². The SMILES string of the molecule is FC(F)(F)C1CCC(c2cccnn2)CC1. The molecule has 0 amide bonds. The Morgan fingerprint density at radius 2 is 1.81 bits per heavy atom. The van der Waals surface area contributed by atoms with Crippen LogP contribution < -0.4 is 0 Å². The average Bonchev–Trinajstić information content (AvgIpc) is 2.29. The Morgan fingerprint density at radius 1 is 1.12 bits per heavy atom. The van der Waals surface area contributed by atoms with Crippen LogP contribution in [0.5, 0.6) is 0 Å². The zero-order valence-corrected chi connectivity index (χ0v) is 8.74. The fraction of sp³-hybridized carbons (Fsp3) is 0.636. The average molecular weight is 230 g/mol. The van der Waals surface area contributed by atoms with E-state index in [2.05, 4.69) is 10.2 Å². The molecule has 1 heterocycles. The van der Waals surface area contributed by atoms with Gasteiger partial charge in [-0.15, -0.1) is 0 Å². The molecular formula is C11H13F3N2. The van der Waals surface area contributed by atoms with E-state index in [1.54, 1.807) is 12.3 Å². The largest absolute Gasteiger partial charge is 0.391 e. The Bertz CT molecular complexity index is 329. The van der Waals surface area contributed by atoms with Gasteiger partial charge in [-0.05, 0) is 37.8 Å². The molecule has 1 aromatic heterocycles. The molecule has 0 unspecified atom stereocenters. The van der Waals surface area contributed by atoms with Gasteiger partial charge in [-0.25, -0.2) is 0 Å². The van der Waals surface area contributed by atoms with Crippen LogP contribution >= 0.6 is 0 Å². The summed E-state index contributed by atoms with van der Waals surface area (Å²) in [5.41, 5.74) is 0.822. The highest BCUT2D eigenvalue weighted by Crippen LogP contribution is 2.42. The van der Waals surface area contributed by atoms with Gasteiger partial charge >= 0.3 is 6.18 Å². The quantitative estimate of drug-likeness (QED) is 0.739. The summed E-state index contributed by atoms with van der Waals surface area (Å²) in [5.74, 6) is -0.979. The van der Waals surface area contributed by atoms with Gasteiger partial charge in [0, 0.05) is 12.1 Å². The molecule has 16 heavy (non-hydrogen) atoms. The molecule has 0 atom stereocenters. The maximum Gasteiger partial charge on any atom is 0.391 e. The van der Waals surface area contributed by atoms with Gasteiger partial charge in [0.05, 0.1) is 11.6 Å². The number of halogens is 3. The van der Waals surface area contributed by atoms with Crippen LogP contribution in [0.15, 0.2) is 18.3 Å². The summed E-state index contributed by atoms with van der Waals surface area (Å²) in [5, 5.41) is 7.71. The van der Waals surface area contributed by atoms with Gasteiger partial charge in [0.15, 0.2) is 0 Å². The lowest BCUT2D eigenvalue weighted by molar-refractivity contribution is -0.182. The molecule has 0 radical (unpaired) electrons. The van der Waals surface area contributed by atoms with E-state index in [0.29, 0.717) is 12.8 Å². The molecule has 0 saturated heterocycles. The second-order valence-electron chi connectivity index (χ2n) is 4.24. The van der Waals surface area contributed by atoms with Gasteiger partial charge in [0.2, 0.25) is 0 Å². The highest BCUT2D eigenvalue weighted by atomic mass is 19.4. The van der Waals surface area contributed by atoms with Crippen LogP contribution in [0, 0.1) is 5.92 Å². The van der Waals surface area contributed by atoms with Gasteiger partial charge in [-0.2, -0.15) is 23.4 Å². The summed E-state index contributed by atoms with van der Waals surface area (Å²) in [6.07, 6.45) is -0.917. The molecule has 0 spiro atoms. The molecule has 0 N–H and O–H groups in total. The number of nitrogens with zero attached hydrogens (tertiary/aromatic N) is 2. The molecule has 1 fully saturated rings. The number of hydrogen-bond donors (Lipinski definition) is 0. The van der Waals surface area contributed by atoms with E-state index in [-0.39, 0.29) is 18.8 Å². The monoisotopic (exact) mass is 230 g/mol. The molecule has 2 rings (SSSR count). The van der Waals surface area contributed by atoms with Gasteiger partial charge in [0.25, 0.3) is 0 Å². The fourth-order valence-electron chi connectivity index (χ4n) is 2.25. The first-order valence-corrected chi connectivity index (χ1v) is 5.41. The number of rotatable bonds is 1. The van der Waals surface area contributed by atoms with E-state index in [9.17, 15) is 13.2 Å². The third kappa shape index (κ3) is 2.51. The molecule has 88 valence electrons. The van der Waals surface area contributed by atoms with Gasteiger partial charge in [-0.1, -0.05) is 0 Å². The Morgan fingerprint density at radius 3 is 2.31 bits per heavy atom. The van der Waals surface area contributed by atoms with Crippen molar-refractivity contribution in [3.05, 3.63) is 24.0 Å². The first-order valence-electron chi connectivity index (χ1n) is 5.41. The normalized spacial score (nSPS) is 26.7. The third-order valence-corrected chi connectivity index (χ3v) is 3.20. The highest BCUT2D eigenvalue weighted by Gasteiger charge is 2.41. The maximum absolute atomic E-state index is 12.4. The summed E-state index contributed by atoms with van der Waals surface area (Å²) in [4.78, 5) is 0. The van der Waals surface area contributed by atoms with E-state index in [0.717, 1.165) is 5.69 Å². The minimum atomic E-state index is -4.03. The summed E-state index contributed by atoms with van der Waals surface area (Å²) >= 11 is 0. The van der Waals surface area contributed by atoms with Crippen molar-refractivity contribution in [1.82, 2.24) is 10.2 Å². The lowest BCUT2D eigenvalue weighted by Gasteiger charge is -2.29. The van der Waals surface area contributed by atoms with E-state index in [1.807, 2.05) is 6.07 Å². The predicted octanol–water partition coefficient (Wildman–Crippen LogP) is 3.31. The van der Waals surface area contributed by atoms with Crippen molar-refractivity contribution in [3.63, 3.8) is 0 Å². The Kier molecular flexibility index (Phi) is 3.12. The predicted molar refractivity (Wildman–Crippen MR) is 52.8 cm³/mol. The standard InChI is InChI=1S/C11H13F3N2/c12-11(13,14)9-5-3-8(4-6-9)10-2-1-7-15-16-10/h1-2,7-9H,3-6H2. The van der Waals surface area contributed by atoms with Crippen molar-refractivity contribution in [2.24, 2.45) is 5.92 Å². The number of hydrogen-bond acceptors (Lipinski definition) is 2. The van der Waals surface area contributed by atoms with Crippen molar-refractivity contribution in [2.45, 2.75) is 37.8 Å². The van der Waals surface area contributed by atoms with Gasteiger partial charge in [-0.3, -0.25) is 0 Å². The second-order valence-corrected chi connectivity index (χ2v) is 4.24. The summed E-state index contributed by atoms with van der Waals surface area (Å²) in [7, 11) is 0. The zero-order valence-electron chi connectivity index (χ0n) is 8.74. The first-order chi connectivity index (χ1) is 7.57. The topological polar surface area (TPSA) is 25.8 Å². The smallest absolute Gasteiger partial charge is 0.171 e. The highest BCUT2D eigenvalue weighted by molar-refractivity contribution is 5.07. The molecule has 0 aliphatic heterocycles. The molecule has 1 saturated carbocycles. The van der Waals surface area contributed by atoms with E-state index in [1.165, 1.54) is 0 Å². The number of aromatic nitrogens is 2. The van der Waals surface area contributed by atoms with Crippen LogP contribution in [0.1, 0.15) is 37.3 Å². The molecule has 2 nitrogen and oxygen atoms in total. The van der Waals surface area contributed by atoms with Crippen molar-refractivity contribution in [3.8, 4) is 0 Å². The van der Waals surface area contributed by atoms with Crippen molar-refractivity contribution >= 4 is 0 Å². The Balaban J connectivity index is 1.96. The minimum Gasteiger partial charge on any atom is -0.171 e. The first kappa shape index (κ1) is 11.4. The molecule has 1 aromatic rings. The summed E-state index contributed by atoms with van der Waals surface area (Å²) in [6.45, 7) is 0. The van der Waals surface area contributed by atoms with Crippen LogP contribution in [0.3, 0.4) is 0 Å². The van der Waals surface area contributed by atoms with Crippen LogP contribution in [-0.2, 0) is 0 Å². The van der Waals surface area contributed by atoms with Gasteiger partial charge in [0.1, 0.15) is 0 Å². The van der Waals surface area contributed by atoms with Gasteiger partial charge < -0.3 is 0 Å². The Hall–Kier alpha value is -1.13. The molecule has 0 bridgehead atoms. The minimum absolute atomic E-state index is 0.146. The van der Waals surface area contributed by atoms with E-state index in [4.69, 9.17) is 0 Å². The van der Waals surface area contributed by atoms with Crippen LogP contribution in [-0.4, -0.2) is 16.4 Å². The summed E-state index contributed by atoms with van der Waals surface area (Å²) < 4.78 is 37.3. The fourth-order valence-corrected chi connectivity index (χ4v) is 2.25. The van der Waals surface area contributed by atoms with Crippen molar-refractivity contribution in [1.29, 1.82) is 0 Å². The zero-order chi connectivity index (χ0) is 11.6. The molecule has 0 aromatic carbocycles. The van der Waals surface area contributed by atoms with E-state index >= 15 is 0 Å². The third-order valence-electron chi connectivity index (χ3n) is 3.20. The maximum atomic E-state index is 12.4. The van der Waals surface area contributed by atoms with Crippen molar-refractivity contribution < 1.29 is 13.2 Å². The molecule has 1 aliphatic carbocycles. The lowest BCUT2D eigenvalue weighted by Crippen LogP contribution is -2.27. The van der Waals surface area contributed by atoms with Crippen LogP contribution in [0.25, 0.3) is 0 Å². The Labute approximate surface area is 91.9 Å². The lowest BCUT2D eigenvalue weighted by atomic mass is 9.80. The summed E-state index contributed by atoms with van der Waals surface area (Å²) in [6, 6.07) is 3.61. The second kappa shape index (κ2) is 4.39. The molecule has 1 aliphatic rings. The van der Waals surface area contributed by atoms with E-state index < -0.39 is 12.1 Å². The molecular weight excluding hydrogens is 217 g/mol. The molecule has 5 heteroatoms. The number of alkyl halides is 3. The van der Waals surface area contributed by atoms with Crippen LogP contribution in [0.2, 0.25) is 0 Å².